The van der Waals surface area contributed by atoms with Gasteiger partial charge in [-0.1, -0.05) is 18.2 Å². The largest absolute Gasteiger partial charge is 0.483 e. The van der Waals surface area contributed by atoms with Crippen molar-refractivity contribution in [3.05, 3.63) is 29.8 Å². The van der Waals surface area contributed by atoms with Crippen molar-refractivity contribution in [2.45, 2.75) is 63.5 Å². The third-order valence-corrected chi connectivity index (χ3v) is 7.32. The topological polar surface area (TPSA) is 71.1 Å². The number of hydrogen-bond acceptors (Lipinski definition) is 5. The van der Waals surface area contributed by atoms with Gasteiger partial charge in [0, 0.05) is 52.3 Å². The maximum absolute atomic E-state index is 12.5. The van der Waals surface area contributed by atoms with Crippen molar-refractivity contribution >= 4 is 11.8 Å². The van der Waals surface area contributed by atoms with Crippen LogP contribution in [0.5, 0.6) is 5.75 Å². The highest BCUT2D eigenvalue weighted by molar-refractivity contribution is 5.77. The second-order valence-corrected chi connectivity index (χ2v) is 9.43. The predicted octanol–water partition coefficient (Wildman–Crippen LogP) is 2.38. The predicted molar refractivity (Wildman–Crippen MR) is 123 cm³/mol. The summed E-state index contributed by atoms with van der Waals surface area (Å²) in [6.45, 7) is 6.61. The molecule has 0 atom stereocenters. The molecule has 3 aliphatic heterocycles. The second-order valence-electron chi connectivity index (χ2n) is 9.43. The minimum absolute atomic E-state index is 0.0357. The van der Waals surface area contributed by atoms with Crippen LogP contribution in [0.15, 0.2) is 24.3 Å². The van der Waals surface area contributed by atoms with Crippen LogP contribution in [0.1, 0.15) is 51.0 Å². The zero-order valence-corrected chi connectivity index (χ0v) is 19.3. The lowest BCUT2D eigenvalue weighted by molar-refractivity contribution is -0.132. The lowest BCUT2D eigenvalue weighted by atomic mass is 9.88. The molecule has 2 saturated heterocycles. The first-order chi connectivity index (χ1) is 15.5. The summed E-state index contributed by atoms with van der Waals surface area (Å²) in [6, 6.07) is 8.52. The molecule has 2 fully saturated rings. The van der Waals surface area contributed by atoms with Gasteiger partial charge in [0.1, 0.15) is 5.75 Å². The fraction of sp³-hybridized carbons (Fsp3) is 0.680. The summed E-state index contributed by atoms with van der Waals surface area (Å²) >= 11 is 0. The van der Waals surface area contributed by atoms with E-state index in [2.05, 4.69) is 16.3 Å². The minimum atomic E-state index is -0.298. The third-order valence-electron chi connectivity index (χ3n) is 7.32. The monoisotopic (exact) mass is 443 g/mol. The molecule has 0 unspecified atom stereocenters. The second kappa shape index (κ2) is 10.7. The van der Waals surface area contributed by atoms with Crippen LogP contribution >= 0.6 is 0 Å². The van der Waals surface area contributed by atoms with Gasteiger partial charge in [0.15, 0.2) is 6.61 Å². The fourth-order valence-electron chi connectivity index (χ4n) is 5.23. The number of amides is 2. The molecule has 3 aliphatic rings. The minimum Gasteiger partial charge on any atom is -0.483 e. The number of benzene rings is 1. The van der Waals surface area contributed by atoms with Crippen LogP contribution in [-0.4, -0.2) is 79.2 Å². The normalized spacial score (nSPS) is 23.8. The molecule has 1 aromatic carbocycles. The summed E-state index contributed by atoms with van der Waals surface area (Å²) in [4.78, 5) is 28.6. The highest BCUT2D eigenvalue weighted by atomic mass is 16.5. The average molecular weight is 444 g/mol. The number of ether oxygens (including phenoxy) is 2. The van der Waals surface area contributed by atoms with E-state index in [0.29, 0.717) is 12.6 Å². The van der Waals surface area contributed by atoms with Crippen molar-refractivity contribution < 1.29 is 19.1 Å². The van der Waals surface area contributed by atoms with E-state index in [4.69, 9.17) is 9.47 Å². The highest BCUT2D eigenvalue weighted by Gasteiger charge is 2.38. The summed E-state index contributed by atoms with van der Waals surface area (Å²) < 4.78 is 12.3. The highest BCUT2D eigenvalue weighted by Crippen LogP contribution is 2.30. The van der Waals surface area contributed by atoms with E-state index in [1.54, 1.807) is 6.92 Å². The van der Waals surface area contributed by atoms with Crippen LogP contribution in [0.4, 0.5) is 0 Å². The number of aryl methyl sites for hydroxylation is 1. The van der Waals surface area contributed by atoms with Gasteiger partial charge < -0.3 is 24.6 Å². The number of para-hydroxylation sites is 1. The zero-order valence-electron chi connectivity index (χ0n) is 19.3. The first kappa shape index (κ1) is 23.1. The van der Waals surface area contributed by atoms with Crippen molar-refractivity contribution in [1.29, 1.82) is 0 Å². The molecule has 0 bridgehead atoms. The Morgan fingerprint density at radius 3 is 2.59 bits per heavy atom. The molecule has 2 amide bonds. The summed E-state index contributed by atoms with van der Waals surface area (Å²) in [5, 5.41) is 3.07. The smallest absolute Gasteiger partial charge is 0.258 e. The Balaban J connectivity index is 1.33. The molecule has 0 aliphatic carbocycles. The Bertz CT molecular complexity index is 783. The zero-order chi connectivity index (χ0) is 22.4. The number of fused-ring (bicyclic) bond motifs is 1. The molecule has 1 aromatic rings. The third kappa shape index (κ3) is 5.81. The molecule has 7 nitrogen and oxygen atoms in total. The van der Waals surface area contributed by atoms with Crippen molar-refractivity contribution in [2.24, 2.45) is 0 Å². The molecule has 32 heavy (non-hydrogen) atoms. The van der Waals surface area contributed by atoms with Crippen molar-refractivity contribution in [1.82, 2.24) is 15.1 Å². The van der Waals surface area contributed by atoms with E-state index in [0.717, 1.165) is 89.0 Å². The molecule has 1 N–H and O–H groups in total. The Morgan fingerprint density at radius 2 is 1.84 bits per heavy atom. The van der Waals surface area contributed by atoms with E-state index in [9.17, 15) is 9.59 Å². The molecule has 0 radical (unpaired) electrons. The maximum atomic E-state index is 12.5. The van der Waals surface area contributed by atoms with Gasteiger partial charge in [-0.05, 0) is 56.6 Å². The van der Waals surface area contributed by atoms with Gasteiger partial charge in [-0.15, -0.1) is 0 Å². The van der Waals surface area contributed by atoms with Crippen LogP contribution in [0, 0.1) is 0 Å². The van der Waals surface area contributed by atoms with E-state index >= 15 is 0 Å². The molecule has 176 valence electrons. The van der Waals surface area contributed by atoms with E-state index in [1.165, 1.54) is 0 Å². The van der Waals surface area contributed by atoms with Crippen molar-refractivity contribution in [3.63, 3.8) is 0 Å². The van der Waals surface area contributed by atoms with Crippen LogP contribution in [0.2, 0.25) is 0 Å². The number of rotatable bonds is 1. The summed E-state index contributed by atoms with van der Waals surface area (Å²) in [6.07, 6.45) is 6.89. The SMILES string of the molecule is CC(=O)N1CCC(N2CCC3(CC2)CNC(=O)COc2ccccc2CCCCO3)CC1. The lowest BCUT2D eigenvalue weighted by Crippen LogP contribution is -2.56. The Hall–Kier alpha value is -2.12. The van der Waals surface area contributed by atoms with Crippen LogP contribution in [0.3, 0.4) is 0 Å². The summed E-state index contributed by atoms with van der Waals surface area (Å²) in [5.74, 6) is 0.893. The van der Waals surface area contributed by atoms with Crippen LogP contribution in [-0.2, 0) is 20.7 Å². The van der Waals surface area contributed by atoms with Crippen molar-refractivity contribution in [3.8, 4) is 5.75 Å². The summed E-state index contributed by atoms with van der Waals surface area (Å²) in [5.41, 5.74) is 0.853. The van der Waals surface area contributed by atoms with Gasteiger partial charge >= 0.3 is 0 Å². The van der Waals surface area contributed by atoms with Gasteiger partial charge in [0.25, 0.3) is 5.91 Å². The maximum Gasteiger partial charge on any atom is 0.258 e. The number of carbonyl (C=O) groups excluding carboxylic acids is 2. The molecule has 7 heteroatoms. The Kier molecular flexibility index (Phi) is 7.68. The first-order valence-corrected chi connectivity index (χ1v) is 12.2. The molecular weight excluding hydrogens is 406 g/mol. The van der Waals surface area contributed by atoms with Gasteiger partial charge in [-0.3, -0.25) is 9.59 Å². The lowest BCUT2D eigenvalue weighted by Gasteiger charge is -2.46. The molecule has 0 aromatic heterocycles. The number of carbonyl (C=O) groups is 2. The van der Waals surface area contributed by atoms with Gasteiger partial charge in [-0.25, -0.2) is 0 Å². The summed E-state index contributed by atoms with van der Waals surface area (Å²) in [7, 11) is 0. The Morgan fingerprint density at radius 1 is 1.09 bits per heavy atom. The number of hydrogen-bond donors (Lipinski definition) is 1. The molecule has 3 heterocycles. The van der Waals surface area contributed by atoms with Crippen molar-refractivity contribution in [2.75, 3.05) is 45.9 Å². The van der Waals surface area contributed by atoms with E-state index < -0.39 is 0 Å². The standard InChI is InChI=1S/C25H37N3O4/c1-20(29)27-13-9-22(10-14-27)28-15-11-25(12-16-28)19-26-24(30)18-31-23-8-3-2-6-21(23)7-4-5-17-32-25/h2-3,6,8,22H,4-5,7,9-19H2,1H3,(H,26,30). The number of likely N-dealkylation sites (tertiary alicyclic amines) is 2. The molecule has 4 rings (SSSR count). The average Bonchev–Trinajstić information content (AvgIpc) is 2.83. The van der Waals surface area contributed by atoms with Crippen LogP contribution in [0.25, 0.3) is 0 Å². The fourth-order valence-corrected chi connectivity index (χ4v) is 5.23. The first-order valence-electron chi connectivity index (χ1n) is 12.2. The number of piperidine rings is 2. The number of nitrogens with one attached hydrogen (secondary N) is 1. The van der Waals surface area contributed by atoms with Gasteiger partial charge in [-0.2, -0.15) is 0 Å². The molecular formula is C25H37N3O4. The molecule has 1 spiro atoms. The Labute approximate surface area is 191 Å². The van der Waals surface area contributed by atoms with E-state index in [1.807, 2.05) is 23.1 Å². The molecule has 0 saturated carbocycles. The number of nitrogens with zero attached hydrogens (tertiary/aromatic N) is 2. The van der Waals surface area contributed by atoms with Gasteiger partial charge in [0.05, 0.1) is 5.60 Å². The van der Waals surface area contributed by atoms with E-state index in [-0.39, 0.29) is 24.0 Å². The van der Waals surface area contributed by atoms with Gasteiger partial charge in [0.2, 0.25) is 5.91 Å². The van der Waals surface area contributed by atoms with Crippen LogP contribution < -0.4 is 10.1 Å². The quantitative estimate of drug-likeness (QED) is 0.722.